The molecule has 7 nitrogen and oxygen atoms in total. The molecule has 9 heteroatoms. The van der Waals surface area contributed by atoms with Crippen LogP contribution >= 0.6 is 11.8 Å². The zero-order valence-electron chi connectivity index (χ0n) is 13.1. The Hall–Kier alpha value is -2.94. The molecule has 0 amide bonds. The van der Waals surface area contributed by atoms with Crippen molar-refractivity contribution < 1.29 is 13.2 Å². The fourth-order valence-electron chi connectivity index (χ4n) is 2.26. The Bertz CT molecular complexity index is 996. The number of furan rings is 1. The minimum absolute atomic E-state index is 0.325. The van der Waals surface area contributed by atoms with Gasteiger partial charge in [-0.2, -0.15) is 0 Å². The summed E-state index contributed by atoms with van der Waals surface area (Å²) in [6.07, 6.45) is 1.54. The number of hydrogen-bond acceptors (Lipinski definition) is 7. The van der Waals surface area contributed by atoms with Gasteiger partial charge in [0.05, 0.1) is 17.6 Å². The van der Waals surface area contributed by atoms with Gasteiger partial charge in [0.1, 0.15) is 5.82 Å². The van der Waals surface area contributed by atoms with E-state index in [0.717, 1.165) is 0 Å². The Morgan fingerprint density at radius 3 is 2.76 bits per heavy atom. The zero-order chi connectivity index (χ0) is 17.2. The van der Waals surface area contributed by atoms with E-state index in [-0.39, 0.29) is 5.82 Å². The third-order valence-electron chi connectivity index (χ3n) is 3.47. The summed E-state index contributed by atoms with van der Waals surface area (Å²) in [6, 6.07) is 9.95. The van der Waals surface area contributed by atoms with Gasteiger partial charge in [-0.15, -0.1) is 20.4 Å². The quantitative estimate of drug-likeness (QED) is 0.505. The summed E-state index contributed by atoms with van der Waals surface area (Å²) in [7, 11) is 1.78. The average Bonchev–Trinajstić information content (AvgIpc) is 3.35. The third-order valence-corrected chi connectivity index (χ3v) is 4.48. The van der Waals surface area contributed by atoms with Crippen molar-refractivity contribution in [2.24, 2.45) is 7.05 Å². The number of benzene rings is 1. The summed E-state index contributed by atoms with van der Waals surface area (Å²) in [4.78, 5) is 0. The van der Waals surface area contributed by atoms with E-state index in [2.05, 4.69) is 20.4 Å². The Morgan fingerprint density at radius 2 is 1.96 bits per heavy atom. The molecule has 25 heavy (non-hydrogen) atoms. The maximum atomic E-state index is 13.9. The fourth-order valence-corrected chi connectivity index (χ4v) is 3.00. The summed E-state index contributed by atoms with van der Waals surface area (Å²) in [5, 5.41) is 16.7. The first-order valence-corrected chi connectivity index (χ1v) is 8.34. The molecule has 1 aromatic carbocycles. The van der Waals surface area contributed by atoms with E-state index in [1.165, 1.54) is 24.1 Å². The molecule has 0 N–H and O–H groups in total. The molecule has 0 unspecified atom stereocenters. The van der Waals surface area contributed by atoms with Crippen molar-refractivity contribution >= 4 is 11.8 Å². The van der Waals surface area contributed by atoms with E-state index < -0.39 is 0 Å². The topological polar surface area (TPSA) is 82.8 Å². The van der Waals surface area contributed by atoms with Crippen LogP contribution in [0.3, 0.4) is 0 Å². The van der Waals surface area contributed by atoms with Crippen molar-refractivity contribution in [3.63, 3.8) is 0 Å². The van der Waals surface area contributed by atoms with Crippen molar-refractivity contribution in [3.05, 3.63) is 54.4 Å². The number of hydrogen-bond donors (Lipinski definition) is 0. The molecule has 3 aromatic heterocycles. The van der Waals surface area contributed by atoms with Crippen molar-refractivity contribution in [1.29, 1.82) is 0 Å². The van der Waals surface area contributed by atoms with Crippen LogP contribution in [-0.2, 0) is 12.8 Å². The van der Waals surface area contributed by atoms with Crippen LogP contribution in [0.25, 0.3) is 23.0 Å². The van der Waals surface area contributed by atoms with Gasteiger partial charge in [-0.25, -0.2) is 4.39 Å². The largest absolute Gasteiger partial charge is 0.459 e. The van der Waals surface area contributed by atoms with Crippen LogP contribution in [0.15, 0.2) is 56.7 Å². The van der Waals surface area contributed by atoms with Crippen LogP contribution in [0.5, 0.6) is 0 Å². The summed E-state index contributed by atoms with van der Waals surface area (Å²) >= 11 is 1.37. The van der Waals surface area contributed by atoms with Crippen LogP contribution < -0.4 is 0 Å². The third kappa shape index (κ3) is 3.05. The highest BCUT2D eigenvalue weighted by Crippen LogP contribution is 2.27. The van der Waals surface area contributed by atoms with Gasteiger partial charge in [-0.3, -0.25) is 0 Å². The number of rotatable bonds is 5. The summed E-state index contributed by atoms with van der Waals surface area (Å²) in [5.74, 6) is 1.82. The SMILES string of the molecule is Cn1c(SCc2nnc(-c3ccco3)o2)nnc1-c1ccccc1F. The predicted octanol–water partition coefficient (Wildman–Crippen LogP) is 3.56. The molecule has 0 fully saturated rings. The van der Waals surface area contributed by atoms with Crippen LogP contribution in [0, 0.1) is 5.82 Å². The Labute approximate surface area is 145 Å². The van der Waals surface area contributed by atoms with Gasteiger partial charge >= 0.3 is 0 Å². The van der Waals surface area contributed by atoms with Gasteiger partial charge in [0.2, 0.25) is 5.89 Å². The molecule has 0 radical (unpaired) electrons. The minimum Gasteiger partial charge on any atom is -0.459 e. The molecule has 0 atom stereocenters. The highest BCUT2D eigenvalue weighted by molar-refractivity contribution is 7.98. The molecule has 0 spiro atoms. The molecule has 0 saturated carbocycles. The molecular formula is C16H12FN5O2S. The van der Waals surface area contributed by atoms with Crippen molar-refractivity contribution in [1.82, 2.24) is 25.0 Å². The second-order valence-corrected chi connectivity index (χ2v) is 6.05. The predicted molar refractivity (Wildman–Crippen MR) is 88.0 cm³/mol. The molecule has 0 bridgehead atoms. The van der Waals surface area contributed by atoms with E-state index >= 15 is 0 Å². The fraction of sp³-hybridized carbons (Fsp3) is 0.125. The lowest BCUT2D eigenvalue weighted by Gasteiger charge is -2.03. The maximum Gasteiger partial charge on any atom is 0.283 e. The Kier molecular flexibility index (Phi) is 4.06. The first-order chi connectivity index (χ1) is 12.2. The smallest absolute Gasteiger partial charge is 0.283 e. The Morgan fingerprint density at radius 1 is 1.08 bits per heavy atom. The lowest BCUT2D eigenvalue weighted by molar-refractivity contribution is 0.494. The maximum absolute atomic E-state index is 13.9. The van der Waals surface area contributed by atoms with Crippen molar-refractivity contribution in [2.45, 2.75) is 10.9 Å². The van der Waals surface area contributed by atoms with E-state index in [4.69, 9.17) is 8.83 Å². The molecule has 4 rings (SSSR count). The number of halogens is 1. The van der Waals surface area contributed by atoms with Crippen LogP contribution in [-0.4, -0.2) is 25.0 Å². The number of aromatic nitrogens is 5. The normalized spacial score (nSPS) is 11.1. The second kappa shape index (κ2) is 6.52. The standard InChI is InChI=1S/C16H12FN5O2S/c1-22-14(10-5-2-3-6-11(10)17)19-21-16(22)25-9-13-18-20-15(24-13)12-7-4-8-23-12/h2-8H,9H2,1H3. The molecular weight excluding hydrogens is 345 g/mol. The van der Waals surface area contributed by atoms with Crippen LogP contribution in [0.2, 0.25) is 0 Å². The van der Waals surface area contributed by atoms with Gasteiger partial charge in [-0.05, 0) is 24.3 Å². The average molecular weight is 357 g/mol. The highest BCUT2D eigenvalue weighted by atomic mass is 32.2. The molecule has 0 aliphatic heterocycles. The van der Waals surface area contributed by atoms with Gasteiger partial charge in [0.25, 0.3) is 5.89 Å². The van der Waals surface area contributed by atoms with E-state index in [1.54, 1.807) is 41.9 Å². The molecule has 126 valence electrons. The minimum atomic E-state index is -0.338. The van der Waals surface area contributed by atoms with Gasteiger partial charge in [0.15, 0.2) is 16.7 Å². The number of nitrogens with zero attached hydrogens (tertiary/aromatic N) is 5. The highest BCUT2D eigenvalue weighted by Gasteiger charge is 2.16. The first-order valence-electron chi connectivity index (χ1n) is 7.35. The molecule has 0 aliphatic carbocycles. The number of thioether (sulfide) groups is 1. The van der Waals surface area contributed by atoms with Crippen molar-refractivity contribution in [2.75, 3.05) is 0 Å². The van der Waals surface area contributed by atoms with Crippen LogP contribution in [0.4, 0.5) is 4.39 Å². The molecule has 3 heterocycles. The van der Waals surface area contributed by atoms with Gasteiger partial charge in [-0.1, -0.05) is 23.9 Å². The molecule has 0 aliphatic rings. The van der Waals surface area contributed by atoms with E-state index in [1.807, 2.05) is 0 Å². The molecule has 4 aromatic rings. The zero-order valence-corrected chi connectivity index (χ0v) is 13.9. The van der Waals surface area contributed by atoms with Crippen molar-refractivity contribution in [3.8, 4) is 23.0 Å². The van der Waals surface area contributed by atoms with Gasteiger partial charge < -0.3 is 13.4 Å². The summed E-state index contributed by atoms with van der Waals surface area (Å²) in [6.45, 7) is 0. The first kappa shape index (κ1) is 15.6. The second-order valence-electron chi connectivity index (χ2n) is 5.11. The monoisotopic (exact) mass is 357 g/mol. The lowest BCUT2D eigenvalue weighted by atomic mass is 10.2. The van der Waals surface area contributed by atoms with E-state index in [0.29, 0.717) is 39.8 Å². The molecule has 0 saturated heterocycles. The summed E-state index contributed by atoms with van der Waals surface area (Å²) in [5.41, 5.74) is 0.405. The Balaban J connectivity index is 1.50. The summed E-state index contributed by atoms with van der Waals surface area (Å²) < 4.78 is 26.4. The van der Waals surface area contributed by atoms with Gasteiger partial charge in [0, 0.05) is 7.05 Å². The van der Waals surface area contributed by atoms with E-state index in [9.17, 15) is 4.39 Å². The lowest BCUT2D eigenvalue weighted by Crippen LogP contribution is -1.96. The van der Waals surface area contributed by atoms with Crippen LogP contribution in [0.1, 0.15) is 5.89 Å².